The molecule has 4 rings (SSSR count). The average molecular weight is 388 g/mol. The van der Waals surface area contributed by atoms with Crippen molar-refractivity contribution >= 4 is 51.3 Å². The van der Waals surface area contributed by atoms with Crippen molar-refractivity contribution in [3.05, 3.63) is 51.4 Å². The number of benzene rings is 1. The molecule has 0 aliphatic heterocycles. The molecule has 0 fully saturated rings. The van der Waals surface area contributed by atoms with E-state index >= 15 is 0 Å². The summed E-state index contributed by atoms with van der Waals surface area (Å²) in [6.07, 6.45) is 2.49. The Labute approximate surface area is 140 Å². The standard InChI is InChI=1S/C16H11N3O4Se/c1-2-22-8-18-19-7-17-12-11-13(24-14(12)15(19)20)9-5-3-4-6-10(9)23-16(11)21/h3-8H,2H2,1H3/b18-8+. The summed E-state index contributed by atoms with van der Waals surface area (Å²) in [4.78, 5) is 29.2. The number of hydrogen-bond acceptors (Lipinski definition) is 6. The Bertz CT molecular complexity index is 1220. The minimum atomic E-state index is -0.466. The van der Waals surface area contributed by atoms with Gasteiger partial charge in [0, 0.05) is 0 Å². The molecule has 120 valence electrons. The molecule has 4 aromatic rings. The summed E-state index contributed by atoms with van der Waals surface area (Å²) in [5.41, 5.74) is 0.158. The Morgan fingerprint density at radius 3 is 3.00 bits per heavy atom. The number of para-hydroxylation sites is 1. The second-order valence-electron chi connectivity index (χ2n) is 4.94. The van der Waals surface area contributed by atoms with E-state index < -0.39 is 5.63 Å². The first-order valence-electron chi connectivity index (χ1n) is 7.21. The van der Waals surface area contributed by atoms with Gasteiger partial charge in [0.05, 0.1) is 0 Å². The molecule has 0 unspecified atom stereocenters. The maximum atomic E-state index is 12.6. The molecule has 0 amide bonds. The fraction of sp³-hybridized carbons (Fsp3) is 0.125. The van der Waals surface area contributed by atoms with E-state index in [1.165, 1.54) is 12.7 Å². The average Bonchev–Trinajstić information content (AvgIpc) is 2.98. The van der Waals surface area contributed by atoms with Crippen molar-refractivity contribution in [3.8, 4) is 0 Å². The van der Waals surface area contributed by atoms with Crippen LogP contribution in [0.2, 0.25) is 0 Å². The fourth-order valence-corrected chi connectivity index (χ4v) is 4.99. The molecule has 0 atom stereocenters. The van der Waals surface area contributed by atoms with Gasteiger partial charge >= 0.3 is 140 Å². The molecule has 0 spiro atoms. The zero-order valence-corrected chi connectivity index (χ0v) is 14.3. The monoisotopic (exact) mass is 389 g/mol. The van der Waals surface area contributed by atoms with Gasteiger partial charge in [0.15, 0.2) is 0 Å². The number of nitrogens with zero attached hydrogens (tertiary/aromatic N) is 3. The van der Waals surface area contributed by atoms with Gasteiger partial charge in [0.1, 0.15) is 0 Å². The second-order valence-corrected chi connectivity index (χ2v) is 7.08. The number of hydrogen-bond donors (Lipinski definition) is 0. The molecular weight excluding hydrogens is 377 g/mol. The zero-order chi connectivity index (χ0) is 16.7. The SMILES string of the molecule is CCO/C=N/n1cnc2c([se]c3c4ccccc4oc(=O)c23)c1=O. The third-order valence-corrected chi connectivity index (χ3v) is 6.05. The van der Waals surface area contributed by atoms with E-state index in [9.17, 15) is 9.59 Å². The first-order valence-corrected chi connectivity index (χ1v) is 8.92. The Morgan fingerprint density at radius 1 is 1.33 bits per heavy atom. The molecule has 0 bridgehead atoms. The van der Waals surface area contributed by atoms with Crippen LogP contribution in [0.4, 0.5) is 0 Å². The van der Waals surface area contributed by atoms with Gasteiger partial charge in [-0.15, -0.1) is 0 Å². The molecular formula is C16H11N3O4Se. The molecule has 3 aromatic heterocycles. The van der Waals surface area contributed by atoms with Gasteiger partial charge in [-0.3, -0.25) is 0 Å². The first-order chi connectivity index (χ1) is 11.7. The van der Waals surface area contributed by atoms with Gasteiger partial charge in [0.25, 0.3) is 0 Å². The van der Waals surface area contributed by atoms with Crippen molar-refractivity contribution in [2.24, 2.45) is 5.10 Å². The van der Waals surface area contributed by atoms with Crippen molar-refractivity contribution in [1.29, 1.82) is 0 Å². The van der Waals surface area contributed by atoms with E-state index in [-0.39, 0.29) is 20.1 Å². The van der Waals surface area contributed by atoms with Crippen LogP contribution >= 0.6 is 0 Å². The minimum absolute atomic E-state index is 0.296. The van der Waals surface area contributed by atoms with Gasteiger partial charge in [-0.05, 0) is 0 Å². The van der Waals surface area contributed by atoms with Crippen molar-refractivity contribution in [1.82, 2.24) is 9.66 Å². The molecule has 0 saturated heterocycles. The van der Waals surface area contributed by atoms with Crippen molar-refractivity contribution in [3.63, 3.8) is 0 Å². The van der Waals surface area contributed by atoms with Crippen LogP contribution in [0.3, 0.4) is 0 Å². The van der Waals surface area contributed by atoms with E-state index in [0.717, 1.165) is 14.3 Å². The van der Waals surface area contributed by atoms with E-state index in [1.807, 2.05) is 19.1 Å². The van der Waals surface area contributed by atoms with Gasteiger partial charge < -0.3 is 0 Å². The van der Waals surface area contributed by atoms with Gasteiger partial charge in [-0.25, -0.2) is 0 Å². The molecule has 0 aliphatic carbocycles. The van der Waals surface area contributed by atoms with Crippen LogP contribution < -0.4 is 11.2 Å². The maximum absolute atomic E-state index is 12.6. The van der Waals surface area contributed by atoms with Crippen molar-refractivity contribution in [2.45, 2.75) is 6.92 Å². The molecule has 0 radical (unpaired) electrons. The van der Waals surface area contributed by atoms with E-state index in [4.69, 9.17) is 9.15 Å². The van der Waals surface area contributed by atoms with Crippen LogP contribution in [-0.2, 0) is 4.74 Å². The summed E-state index contributed by atoms with van der Waals surface area (Å²) in [5, 5.41) is 5.16. The Balaban J connectivity index is 2.09. The summed E-state index contributed by atoms with van der Waals surface area (Å²) in [7, 11) is 0. The quantitative estimate of drug-likeness (QED) is 0.230. The summed E-state index contributed by atoms with van der Waals surface area (Å²) < 4.78 is 12.8. The molecule has 8 heteroatoms. The Hall–Kier alpha value is -2.70. The third kappa shape index (κ3) is 2.19. The normalized spacial score (nSPS) is 11.9. The van der Waals surface area contributed by atoms with E-state index in [0.29, 0.717) is 27.4 Å². The predicted molar refractivity (Wildman–Crippen MR) is 92.0 cm³/mol. The molecule has 0 saturated carbocycles. The molecule has 1 aromatic carbocycles. The number of fused-ring (bicyclic) bond motifs is 5. The molecule has 7 nitrogen and oxygen atoms in total. The third-order valence-electron chi connectivity index (χ3n) is 3.53. The van der Waals surface area contributed by atoms with E-state index in [1.54, 1.807) is 12.1 Å². The number of ether oxygens (including phenoxy) is 1. The topological polar surface area (TPSA) is 86.7 Å². The summed E-state index contributed by atoms with van der Waals surface area (Å²) >= 11 is -0.339. The predicted octanol–water partition coefficient (Wildman–Crippen LogP) is 1.54. The fourth-order valence-electron chi connectivity index (χ4n) is 2.47. The van der Waals surface area contributed by atoms with Crippen LogP contribution in [0.1, 0.15) is 6.92 Å². The number of aromatic nitrogens is 2. The van der Waals surface area contributed by atoms with Crippen LogP contribution in [-0.4, -0.2) is 37.2 Å². The summed E-state index contributed by atoms with van der Waals surface area (Å²) in [6.45, 7) is 2.28. The summed E-state index contributed by atoms with van der Waals surface area (Å²) in [6, 6.07) is 7.31. The van der Waals surface area contributed by atoms with Gasteiger partial charge in [-0.1, -0.05) is 0 Å². The zero-order valence-electron chi connectivity index (χ0n) is 12.6. The van der Waals surface area contributed by atoms with Crippen LogP contribution in [0, 0.1) is 0 Å². The molecule has 3 heterocycles. The van der Waals surface area contributed by atoms with Crippen LogP contribution in [0.15, 0.2) is 49.7 Å². The second kappa shape index (κ2) is 5.74. The van der Waals surface area contributed by atoms with Gasteiger partial charge in [-0.2, -0.15) is 0 Å². The van der Waals surface area contributed by atoms with Crippen LogP contribution in [0.25, 0.3) is 30.4 Å². The van der Waals surface area contributed by atoms with Crippen molar-refractivity contribution in [2.75, 3.05) is 6.61 Å². The molecule has 0 aliphatic rings. The van der Waals surface area contributed by atoms with Crippen LogP contribution in [0.5, 0.6) is 0 Å². The molecule has 0 N–H and O–H groups in total. The van der Waals surface area contributed by atoms with Crippen molar-refractivity contribution < 1.29 is 9.15 Å². The molecule has 24 heavy (non-hydrogen) atoms. The van der Waals surface area contributed by atoms with Gasteiger partial charge in [0.2, 0.25) is 0 Å². The Morgan fingerprint density at radius 2 is 2.17 bits per heavy atom. The Kier molecular flexibility index (Phi) is 3.55. The number of rotatable bonds is 3. The summed E-state index contributed by atoms with van der Waals surface area (Å²) in [5.74, 6) is 0. The van der Waals surface area contributed by atoms with E-state index in [2.05, 4.69) is 10.1 Å². The first kappa shape index (κ1) is 14.9.